The van der Waals surface area contributed by atoms with Crippen molar-refractivity contribution >= 4 is 27.7 Å². The van der Waals surface area contributed by atoms with E-state index in [1.807, 2.05) is 0 Å². The van der Waals surface area contributed by atoms with Gasteiger partial charge in [0.25, 0.3) is 5.91 Å². The zero-order chi connectivity index (χ0) is 20.7. The van der Waals surface area contributed by atoms with Gasteiger partial charge in [-0.25, -0.2) is 13.2 Å². The lowest BCUT2D eigenvalue weighted by molar-refractivity contribution is -0.131. The molecule has 0 unspecified atom stereocenters. The summed E-state index contributed by atoms with van der Waals surface area (Å²) in [6.45, 7) is 2.52. The third kappa shape index (κ3) is 6.09. The Morgan fingerprint density at radius 2 is 1.82 bits per heavy atom. The number of nitrogens with one attached hydrogen (secondary N) is 1. The predicted octanol–water partition coefficient (Wildman–Crippen LogP) is 4.43. The molecule has 1 N–H and O–H groups in total. The number of halogens is 4. The molecule has 0 aromatic heterocycles. The molecule has 0 aliphatic heterocycles. The van der Waals surface area contributed by atoms with Crippen LogP contribution >= 0.6 is 15.9 Å². The molecular weight excluding hydrogens is 437 g/mol. The van der Waals surface area contributed by atoms with Crippen molar-refractivity contribution in [2.45, 2.75) is 26.3 Å². The van der Waals surface area contributed by atoms with E-state index >= 15 is 0 Å². The maximum Gasteiger partial charge on any atom is 0.254 e. The highest BCUT2D eigenvalue weighted by Crippen LogP contribution is 2.18. The van der Waals surface area contributed by atoms with Gasteiger partial charge in [-0.05, 0) is 43.7 Å². The minimum absolute atomic E-state index is 0.147. The number of hydrogen-bond donors (Lipinski definition) is 1. The van der Waals surface area contributed by atoms with Gasteiger partial charge in [-0.1, -0.05) is 15.9 Å². The van der Waals surface area contributed by atoms with Gasteiger partial charge in [0.05, 0.1) is 5.56 Å². The topological polar surface area (TPSA) is 49.4 Å². The lowest BCUT2D eigenvalue weighted by Crippen LogP contribution is -2.32. The smallest absolute Gasteiger partial charge is 0.254 e. The summed E-state index contributed by atoms with van der Waals surface area (Å²) in [5, 5.41) is 2.50. The van der Waals surface area contributed by atoms with Gasteiger partial charge in [0.2, 0.25) is 5.91 Å². The lowest BCUT2D eigenvalue weighted by atomic mass is 10.1. The number of benzene rings is 2. The quantitative estimate of drug-likeness (QED) is 0.597. The molecule has 2 aromatic rings. The largest absolute Gasteiger partial charge is 0.352 e. The molecule has 150 valence electrons. The Morgan fingerprint density at radius 1 is 1.07 bits per heavy atom. The van der Waals surface area contributed by atoms with Crippen LogP contribution in [0.3, 0.4) is 0 Å². The molecule has 2 amide bonds. The number of carbonyl (C=O) groups excluding carboxylic acids is 2. The average molecular weight is 457 g/mol. The number of carbonyl (C=O) groups is 2. The first-order valence-corrected chi connectivity index (χ1v) is 9.56. The van der Waals surface area contributed by atoms with Crippen LogP contribution in [0.2, 0.25) is 0 Å². The molecule has 28 heavy (non-hydrogen) atoms. The molecule has 0 fully saturated rings. The third-order valence-electron chi connectivity index (χ3n) is 4.13. The fraction of sp³-hybridized carbons (Fsp3) is 0.300. The van der Waals surface area contributed by atoms with Gasteiger partial charge < -0.3 is 10.2 Å². The van der Waals surface area contributed by atoms with Crippen molar-refractivity contribution in [3.8, 4) is 0 Å². The highest BCUT2D eigenvalue weighted by atomic mass is 79.9. The van der Waals surface area contributed by atoms with E-state index in [4.69, 9.17) is 0 Å². The molecule has 0 heterocycles. The molecule has 0 atom stereocenters. The van der Waals surface area contributed by atoms with Crippen LogP contribution in [-0.4, -0.2) is 29.8 Å². The monoisotopic (exact) mass is 456 g/mol. The Hall–Kier alpha value is -2.35. The molecule has 0 aliphatic carbocycles. The fourth-order valence-corrected chi connectivity index (χ4v) is 3.02. The molecular formula is C20H20BrF3N2O2. The summed E-state index contributed by atoms with van der Waals surface area (Å²) in [7, 11) is 0. The van der Waals surface area contributed by atoms with Crippen molar-refractivity contribution in [3.05, 3.63) is 69.4 Å². The van der Waals surface area contributed by atoms with Crippen LogP contribution < -0.4 is 5.32 Å². The minimum Gasteiger partial charge on any atom is -0.352 e. The summed E-state index contributed by atoms with van der Waals surface area (Å²) in [6, 6.07) is 7.25. The maximum atomic E-state index is 13.9. The second kappa shape index (κ2) is 10.3. The summed E-state index contributed by atoms with van der Waals surface area (Å²) in [5.74, 6) is -2.94. The van der Waals surface area contributed by atoms with E-state index in [9.17, 15) is 22.8 Å². The van der Waals surface area contributed by atoms with Gasteiger partial charge >= 0.3 is 0 Å². The van der Waals surface area contributed by atoms with Crippen LogP contribution in [0, 0.1) is 17.5 Å². The van der Waals surface area contributed by atoms with Gasteiger partial charge in [-0.15, -0.1) is 0 Å². The van der Waals surface area contributed by atoms with Crippen molar-refractivity contribution in [2.24, 2.45) is 0 Å². The average Bonchev–Trinajstić information content (AvgIpc) is 2.65. The van der Waals surface area contributed by atoms with Gasteiger partial charge in [-0.2, -0.15) is 0 Å². The van der Waals surface area contributed by atoms with Crippen molar-refractivity contribution in [1.29, 1.82) is 0 Å². The van der Waals surface area contributed by atoms with Crippen LogP contribution in [0.5, 0.6) is 0 Å². The number of rotatable bonds is 8. The van der Waals surface area contributed by atoms with Crippen molar-refractivity contribution in [1.82, 2.24) is 10.2 Å². The SMILES string of the molecule is CCN(Cc1cc(Br)ccc1F)C(=O)CCCNC(=O)c1ccc(F)cc1F. The van der Waals surface area contributed by atoms with Gasteiger partial charge in [-0.3, -0.25) is 9.59 Å². The molecule has 0 spiro atoms. The zero-order valence-corrected chi connectivity index (χ0v) is 16.9. The highest BCUT2D eigenvalue weighted by molar-refractivity contribution is 9.10. The summed E-state index contributed by atoms with van der Waals surface area (Å²) >= 11 is 3.28. The molecule has 0 bridgehead atoms. The Balaban J connectivity index is 1.83. The Labute approximate surface area is 169 Å². The van der Waals surface area contributed by atoms with E-state index in [2.05, 4.69) is 21.2 Å². The van der Waals surface area contributed by atoms with E-state index in [0.29, 0.717) is 24.6 Å². The van der Waals surface area contributed by atoms with Crippen molar-refractivity contribution < 1.29 is 22.8 Å². The first kappa shape index (κ1) is 21.9. The second-order valence-corrected chi connectivity index (χ2v) is 7.04. The maximum absolute atomic E-state index is 13.9. The molecule has 8 heteroatoms. The lowest BCUT2D eigenvalue weighted by Gasteiger charge is -2.21. The number of nitrogens with zero attached hydrogens (tertiary/aromatic N) is 1. The summed E-state index contributed by atoms with van der Waals surface area (Å²) in [6.07, 6.45) is 0.487. The van der Waals surface area contributed by atoms with Crippen LogP contribution in [0.15, 0.2) is 40.9 Å². The summed E-state index contributed by atoms with van der Waals surface area (Å²) in [4.78, 5) is 25.8. The van der Waals surface area contributed by atoms with Crippen LogP contribution in [0.4, 0.5) is 13.2 Å². The van der Waals surface area contributed by atoms with E-state index < -0.39 is 17.5 Å². The highest BCUT2D eigenvalue weighted by Gasteiger charge is 2.15. The second-order valence-electron chi connectivity index (χ2n) is 6.13. The van der Waals surface area contributed by atoms with Gasteiger partial charge in [0.1, 0.15) is 17.5 Å². The molecule has 0 saturated heterocycles. The van der Waals surface area contributed by atoms with E-state index in [1.54, 1.807) is 19.1 Å². The Bertz CT molecular complexity index is 861. The molecule has 2 aromatic carbocycles. The van der Waals surface area contributed by atoms with Crippen molar-refractivity contribution in [3.63, 3.8) is 0 Å². The van der Waals surface area contributed by atoms with Crippen LogP contribution in [0.25, 0.3) is 0 Å². The zero-order valence-electron chi connectivity index (χ0n) is 15.3. The molecule has 0 radical (unpaired) electrons. The van der Waals surface area contributed by atoms with Crippen molar-refractivity contribution in [2.75, 3.05) is 13.1 Å². The molecule has 4 nitrogen and oxygen atoms in total. The van der Waals surface area contributed by atoms with Crippen LogP contribution in [-0.2, 0) is 11.3 Å². The van der Waals surface area contributed by atoms with Gasteiger partial charge in [0, 0.05) is 42.2 Å². The van der Waals surface area contributed by atoms with E-state index in [-0.39, 0.29) is 36.8 Å². The summed E-state index contributed by atoms with van der Waals surface area (Å²) in [5.41, 5.74) is 0.151. The van der Waals surface area contributed by atoms with E-state index in [0.717, 1.165) is 16.6 Å². The minimum atomic E-state index is -0.943. The van der Waals surface area contributed by atoms with Crippen LogP contribution in [0.1, 0.15) is 35.7 Å². The first-order chi connectivity index (χ1) is 13.3. The summed E-state index contributed by atoms with van der Waals surface area (Å²) < 4.78 is 41.0. The standard InChI is InChI=1S/C20H20BrF3N2O2/c1-2-26(12-13-10-14(21)5-8-17(13)23)19(27)4-3-9-25-20(28)16-7-6-15(22)11-18(16)24/h5-8,10-11H,2-4,9,12H2,1H3,(H,25,28). The molecule has 2 rings (SSSR count). The normalized spacial score (nSPS) is 10.6. The third-order valence-corrected chi connectivity index (χ3v) is 4.63. The Kier molecular flexibility index (Phi) is 8.04. The molecule has 0 aliphatic rings. The van der Waals surface area contributed by atoms with E-state index in [1.165, 1.54) is 11.0 Å². The molecule has 0 saturated carbocycles. The predicted molar refractivity (Wildman–Crippen MR) is 103 cm³/mol. The Morgan fingerprint density at radius 3 is 2.50 bits per heavy atom. The fourth-order valence-electron chi connectivity index (χ4n) is 2.61. The van der Waals surface area contributed by atoms with Gasteiger partial charge in [0.15, 0.2) is 0 Å². The number of amides is 2. The number of hydrogen-bond acceptors (Lipinski definition) is 2. The first-order valence-electron chi connectivity index (χ1n) is 8.76.